The van der Waals surface area contributed by atoms with E-state index in [1.54, 1.807) is 18.9 Å². The molecule has 2 atom stereocenters. The predicted octanol–water partition coefficient (Wildman–Crippen LogP) is 4.02. The maximum absolute atomic E-state index is 13.1. The third-order valence-corrected chi connectivity index (χ3v) is 5.50. The molecule has 2 amide bonds. The van der Waals surface area contributed by atoms with Crippen LogP contribution in [0.1, 0.15) is 43.9 Å². The number of hydrogen-bond acceptors (Lipinski definition) is 4. The Morgan fingerprint density at radius 3 is 2.42 bits per heavy atom. The van der Waals surface area contributed by atoms with Gasteiger partial charge in [-0.15, -0.1) is 0 Å². The molecule has 0 aliphatic rings. The van der Waals surface area contributed by atoms with E-state index in [0.29, 0.717) is 11.5 Å². The fourth-order valence-electron chi connectivity index (χ4n) is 3.05. The summed E-state index contributed by atoms with van der Waals surface area (Å²) in [5, 5.41) is 2.96. The van der Waals surface area contributed by atoms with E-state index < -0.39 is 6.04 Å². The van der Waals surface area contributed by atoms with Crippen LogP contribution in [0.25, 0.3) is 0 Å². The topological polar surface area (TPSA) is 67.9 Å². The summed E-state index contributed by atoms with van der Waals surface area (Å²) < 4.78 is 11.0. The van der Waals surface area contributed by atoms with Crippen molar-refractivity contribution in [3.05, 3.63) is 59.2 Å². The van der Waals surface area contributed by atoms with Crippen molar-refractivity contribution in [2.75, 3.05) is 13.7 Å². The average molecular weight is 427 g/mol. The normalized spacial score (nSPS) is 12.6. The van der Waals surface area contributed by atoms with Gasteiger partial charge in [0.15, 0.2) is 6.61 Å². The van der Waals surface area contributed by atoms with Crippen LogP contribution in [-0.2, 0) is 16.1 Å². The average Bonchev–Trinajstić information content (AvgIpc) is 2.77. The molecule has 0 saturated carbocycles. The Morgan fingerprint density at radius 2 is 1.77 bits per heavy atom. The predicted molar refractivity (Wildman–Crippen MR) is 122 cm³/mol. The molecule has 0 radical (unpaired) electrons. The van der Waals surface area contributed by atoms with Gasteiger partial charge >= 0.3 is 0 Å². The van der Waals surface area contributed by atoms with Crippen LogP contribution in [0.5, 0.6) is 11.5 Å². The van der Waals surface area contributed by atoms with Crippen molar-refractivity contribution >= 4 is 11.8 Å². The van der Waals surface area contributed by atoms with Gasteiger partial charge in [0.1, 0.15) is 17.5 Å². The summed E-state index contributed by atoms with van der Waals surface area (Å²) in [7, 11) is 1.60. The van der Waals surface area contributed by atoms with Crippen LogP contribution in [0.3, 0.4) is 0 Å². The van der Waals surface area contributed by atoms with Gasteiger partial charge in [0.25, 0.3) is 5.91 Å². The zero-order valence-corrected chi connectivity index (χ0v) is 19.4. The molecule has 0 unspecified atom stereocenters. The number of carbonyl (C=O) groups is 2. The minimum Gasteiger partial charge on any atom is -0.497 e. The summed E-state index contributed by atoms with van der Waals surface area (Å²) in [4.78, 5) is 27.4. The maximum atomic E-state index is 13.1. The molecule has 0 spiro atoms. The van der Waals surface area contributed by atoms with Crippen molar-refractivity contribution in [2.45, 2.75) is 59.7 Å². The lowest BCUT2D eigenvalue weighted by Gasteiger charge is -2.29. The van der Waals surface area contributed by atoms with Gasteiger partial charge in [-0.05, 0) is 75.1 Å². The first-order valence-corrected chi connectivity index (χ1v) is 10.7. The lowest BCUT2D eigenvalue weighted by molar-refractivity contribution is -0.142. The number of hydrogen-bond donors (Lipinski definition) is 1. The summed E-state index contributed by atoms with van der Waals surface area (Å²) >= 11 is 0. The van der Waals surface area contributed by atoms with Crippen molar-refractivity contribution in [3.63, 3.8) is 0 Å². The molecule has 31 heavy (non-hydrogen) atoms. The standard InChI is InChI=1S/C25H34N2O4/c1-7-19(4)26-25(29)20(5)27(15-21-9-8-10-22(14-21)30-6)24(28)16-31-23-12-11-17(2)18(3)13-23/h8-14,19-20H,7,15-16H2,1-6H3,(H,26,29)/t19-,20+/m0/s1. The van der Waals surface area contributed by atoms with Gasteiger partial charge in [0.2, 0.25) is 5.91 Å². The van der Waals surface area contributed by atoms with E-state index in [2.05, 4.69) is 5.32 Å². The molecule has 0 saturated heterocycles. The van der Waals surface area contributed by atoms with Crippen LogP contribution < -0.4 is 14.8 Å². The quantitative estimate of drug-likeness (QED) is 0.623. The minimum atomic E-state index is -0.643. The third-order valence-electron chi connectivity index (χ3n) is 5.50. The summed E-state index contributed by atoms with van der Waals surface area (Å²) in [6.07, 6.45) is 0.818. The molecule has 2 aromatic rings. The van der Waals surface area contributed by atoms with Gasteiger partial charge in [0.05, 0.1) is 7.11 Å². The van der Waals surface area contributed by atoms with Crippen molar-refractivity contribution in [1.29, 1.82) is 0 Å². The third kappa shape index (κ3) is 7.02. The molecule has 2 rings (SSSR count). The molecule has 0 bridgehead atoms. The van der Waals surface area contributed by atoms with Crippen molar-refractivity contribution in [2.24, 2.45) is 0 Å². The Morgan fingerprint density at radius 1 is 1.03 bits per heavy atom. The Labute approximate surface area is 185 Å². The molecule has 6 heteroatoms. The van der Waals surface area contributed by atoms with E-state index in [1.165, 1.54) is 0 Å². The molecule has 0 fully saturated rings. The molecule has 0 aliphatic heterocycles. The molecular formula is C25H34N2O4. The largest absolute Gasteiger partial charge is 0.497 e. The van der Waals surface area contributed by atoms with E-state index in [0.717, 1.165) is 23.1 Å². The zero-order chi connectivity index (χ0) is 23.0. The van der Waals surface area contributed by atoms with E-state index in [4.69, 9.17) is 9.47 Å². The Kier molecular flexibility index (Phi) is 8.91. The molecule has 1 N–H and O–H groups in total. The number of rotatable bonds is 10. The number of aryl methyl sites for hydroxylation is 2. The van der Waals surface area contributed by atoms with Crippen LogP contribution in [-0.4, -0.2) is 42.5 Å². The number of benzene rings is 2. The van der Waals surface area contributed by atoms with Gasteiger partial charge < -0.3 is 19.7 Å². The number of ether oxygens (including phenoxy) is 2. The molecule has 2 aromatic carbocycles. The highest BCUT2D eigenvalue weighted by molar-refractivity contribution is 5.88. The van der Waals surface area contributed by atoms with Gasteiger partial charge in [0, 0.05) is 12.6 Å². The van der Waals surface area contributed by atoms with E-state index in [-0.39, 0.29) is 31.0 Å². The number of nitrogens with zero attached hydrogens (tertiary/aromatic N) is 1. The summed E-state index contributed by atoms with van der Waals surface area (Å²) in [5.74, 6) is 0.895. The molecule has 0 heterocycles. The Balaban J connectivity index is 2.18. The first-order chi connectivity index (χ1) is 14.7. The fraction of sp³-hybridized carbons (Fsp3) is 0.440. The summed E-state index contributed by atoms with van der Waals surface area (Å²) in [6, 6.07) is 12.6. The Hall–Kier alpha value is -3.02. The number of methoxy groups -OCH3 is 1. The van der Waals surface area contributed by atoms with Gasteiger partial charge in [-0.25, -0.2) is 0 Å². The van der Waals surface area contributed by atoms with Crippen LogP contribution in [0.15, 0.2) is 42.5 Å². The SMILES string of the molecule is CC[C@H](C)NC(=O)[C@@H](C)N(Cc1cccc(OC)c1)C(=O)COc1ccc(C)c(C)c1. The fourth-order valence-corrected chi connectivity index (χ4v) is 3.05. The van der Waals surface area contributed by atoms with E-state index >= 15 is 0 Å². The van der Waals surface area contributed by atoms with Gasteiger partial charge in [-0.3, -0.25) is 9.59 Å². The summed E-state index contributed by atoms with van der Waals surface area (Å²) in [5.41, 5.74) is 3.13. The first kappa shape index (κ1) is 24.3. The maximum Gasteiger partial charge on any atom is 0.261 e. The molecular weight excluding hydrogens is 392 g/mol. The van der Waals surface area contributed by atoms with Crippen molar-refractivity contribution < 1.29 is 19.1 Å². The molecule has 168 valence electrons. The monoisotopic (exact) mass is 426 g/mol. The minimum absolute atomic E-state index is 0.0375. The highest BCUT2D eigenvalue weighted by Gasteiger charge is 2.27. The number of amides is 2. The van der Waals surface area contributed by atoms with Gasteiger partial charge in [-0.1, -0.05) is 25.1 Å². The Bertz CT molecular complexity index is 897. The summed E-state index contributed by atoms with van der Waals surface area (Å²) in [6.45, 7) is 9.85. The lowest BCUT2D eigenvalue weighted by Crippen LogP contribution is -2.50. The first-order valence-electron chi connectivity index (χ1n) is 10.7. The second kappa shape index (κ2) is 11.4. The van der Waals surface area contributed by atoms with Crippen LogP contribution >= 0.6 is 0 Å². The smallest absolute Gasteiger partial charge is 0.261 e. The highest BCUT2D eigenvalue weighted by atomic mass is 16.5. The van der Waals surface area contributed by atoms with E-state index in [1.807, 2.05) is 70.2 Å². The molecule has 6 nitrogen and oxygen atoms in total. The van der Waals surface area contributed by atoms with E-state index in [9.17, 15) is 9.59 Å². The van der Waals surface area contributed by atoms with Crippen LogP contribution in [0.2, 0.25) is 0 Å². The zero-order valence-electron chi connectivity index (χ0n) is 19.4. The second-order valence-corrected chi connectivity index (χ2v) is 7.90. The van der Waals surface area contributed by atoms with Crippen LogP contribution in [0.4, 0.5) is 0 Å². The van der Waals surface area contributed by atoms with Crippen molar-refractivity contribution in [3.8, 4) is 11.5 Å². The van der Waals surface area contributed by atoms with Gasteiger partial charge in [-0.2, -0.15) is 0 Å². The lowest BCUT2D eigenvalue weighted by atomic mass is 10.1. The number of carbonyl (C=O) groups excluding carboxylic acids is 2. The number of nitrogens with one attached hydrogen (secondary N) is 1. The van der Waals surface area contributed by atoms with Crippen LogP contribution in [0, 0.1) is 13.8 Å². The molecule has 0 aliphatic carbocycles. The highest BCUT2D eigenvalue weighted by Crippen LogP contribution is 2.18. The van der Waals surface area contributed by atoms with Crippen molar-refractivity contribution in [1.82, 2.24) is 10.2 Å². The molecule has 0 aromatic heterocycles. The second-order valence-electron chi connectivity index (χ2n) is 7.90.